The Morgan fingerprint density at radius 1 is 1.00 bits per heavy atom. The van der Waals surface area contributed by atoms with Gasteiger partial charge >= 0.3 is 0 Å². The van der Waals surface area contributed by atoms with Crippen LogP contribution in [0.25, 0.3) is 0 Å². The van der Waals surface area contributed by atoms with Crippen LogP contribution in [0.15, 0.2) is 12.3 Å². The van der Waals surface area contributed by atoms with E-state index in [0.717, 1.165) is 56.6 Å². The first-order valence-corrected chi connectivity index (χ1v) is 7.18. The van der Waals surface area contributed by atoms with E-state index < -0.39 is 0 Å². The van der Waals surface area contributed by atoms with E-state index in [1.807, 2.05) is 0 Å². The quantitative estimate of drug-likeness (QED) is 0.875. The van der Waals surface area contributed by atoms with Gasteiger partial charge in [0.05, 0.1) is 30.8 Å². The highest BCUT2D eigenvalue weighted by atomic mass is 16.5. The lowest BCUT2D eigenvalue weighted by Gasteiger charge is -2.32. The molecule has 1 aromatic heterocycles. The summed E-state index contributed by atoms with van der Waals surface area (Å²) in [6.45, 7) is 5.61. The Morgan fingerprint density at radius 3 is 2.47 bits per heavy atom. The maximum Gasteiger partial charge on any atom is 0.130 e. The van der Waals surface area contributed by atoms with Gasteiger partial charge < -0.3 is 20.3 Å². The van der Waals surface area contributed by atoms with Crippen LogP contribution in [-0.2, 0) is 4.74 Å². The smallest absolute Gasteiger partial charge is 0.130 e. The fraction of sp³-hybridized carbons (Fsp3) is 0.643. The molecule has 3 rings (SSSR count). The highest BCUT2D eigenvalue weighted by Crippen LogP contribution is 2.29. The largest absolute Gasteiger partial charge is 0.396 e. The molecule has 0 unspecified atom stereocenters. The van der Waals surface area contributed by atoms with E-state index in [4.69, 9.17) is 10.5 Å². The van der Waals surface area contributed by atoms with Crippen LogP contribution in [0.3, 0.4) is 0 Å². The van der Waals surface area contributed by atoms with E-state index in [2.05, 4.69) is 20.9 Å². The minimum absolute atomic E-state index is 0.783. The van der Waals surface area contributed by atoms with Crippen LogP contribution < -0.4 is 15.5 Å². The van der Waals surface area contributed by atoms with Crippen molar-refractivity contribution in [2.45, 2.75) is 19.3 Å². The van der Waals surface area contributed by atoms with Gasteiger partial charge in [-0.3, -0.25) is 0 Å². The van der Waals surface area contributed by atoms with Crippen molar-refractivity contribution in [2.24, 2.45) is 0 Å². The molecular formula is C14H22N4O. The Bertz CT molecular complexity index is 425. The van der Waals surface area contributed by atoms with Gasteiger partial charge in [0, 0.05) is 32.2 Å². The van der Waals surface area contributed by atoms with Crippen LogP contribution in [0.5, 0.6) is 0 Å². The molecule has 0 amide bonds. The molecule has 2 aliphatic rings. The summed E-state index contributed by atoms with van der Waals surface area (Å²) in [5.41, 5.74) is 8.04. The van der Waals surface area contributed by atoms with Gasteiger partial charge in [-0.2, -0.15) is 0 Å². The van der Waals surface area contributed by atoms with Crippen LogP contribution in [0.1, 0.15) is 19.3 Å². The number of morpholine rings is 1. The maximum absolute atomic E-state index is 6.10. The lowest BCUT2D eigenvalue weighted by molar-refractivity contribution is 0.122. The molecule has 0 aromatic carbocycles. The lowest BCUT2D eigenvalue weighted by atomic mass is 10.1. The molecule has 0 saturated carbocycles. The predicted octanol–water partition coefficient (Wildman–Crippen LogP) is 1.49. The van der Waals surface area contributed by atoms with Crippen molar-refractivity contribution in [2.75, 3.05) is 54.9 Å². The van der Waals surface area contributed by atoms with Crippen LogP contribution in [-0.4, -0.2) is 44.4 Å². The number of anilines is 3. The minimum atomic E-state index is 0.783. The van der Waals surface area contributed by atoms with Crippen molar-refractivity contribution in [3.05, 3.63) is 12.3 Å². The fourth-order valence-electron chi connectivity index (χ4n) is 2.82. The van der Waals surface area contributed by atoms with Crippen molar-refractivity contribution >= 4 is 17.2 Å². The van der Waals surface area contributed by atoms with Gasteiger partial charge in [0.15, 0.2) is 0 Å². The molecule has 5 heteroatoms. The Balaban J connectivity index is 1.82. The van der Waals surface area contributed by atoms with Crippen molar-refractivity contribution in [3.63, 3.8) is 0 Å². The maximum atomic E-state index is 6.10. The third-order valence-electron chi connectivity index (χ3n) is 3.93. The summed E-state index contributed by atoms with van der Waals surface area (Å²) in [4.78, 5) is 9.14. The van der Waals surface area contributed by atoms with Gasteiger partial charge in [-0.05, 0) is 19.3 Å². The van der Waals surface area contributed by atoms with E-state index >= 15 is 0 Å². The summed E-state index contributed by atoms with van der Waals surface area (Å²) >= 11 is 0. The van der Waals surface area contributed by atoms with Crippen molar-refractivity contribution in [1.29, 1.82) is 0 Å². The Morgan fingerprint density at radius 2 is 1.74 bits per heavy atom. The molecule has 0 radical (unpaired) electrons. The number of nitrogens with zero attached hydrogens (tertiary/aromatic N) is 3. The molecule has 2 fully saturated rings. The molecule has 2 N–H and O–H groups in total. The van der Waals surface area contributed by atoms with E-state index in [-0.39, 0.29) is 0 Å². The second-order valence-electron chi connectivity index (χ2n) is 5.25. The third-order valence-corrected chi connectivity index (χ3v) is 3.93. The van der Waals surface area contributed by atoms with Crippen molar-refractivity contribution in [1.82, 2.24) is 4.98 Å². The number of aromatic nitrogens is 1. The minimum Gasteiger partial charge on any atom is -0.396 e. The van der Waals surface area contributed by atoms with E-state index in [0.29, 0.717) is 0 Å². The molecule has 19 heavy (non-hydrogen) atoms. The number of rotatable bonds is 2. The zero-order valence-electron chi connectivity index (χ0n) is 11.3. The predicted molar refractivity (Wildman–Crippen MR) is 77.7 cm³/mol. The van der Waals surface area contributed by atoms with Gasteiger partial charge in [-0.15, -0.1) is 0 Å². The molecule has 2 aliphatic heterocycles. The summed E-state index contributed by atoms with van der Waals surface area (Å²) in [6, 6.07) is 2.14. The normalized spacial score (nSPS) is 20.6. The Labute approximate surface area is 114 Å². The van der Waals surface area contributed by atoms with Crippen molar-refractivity contribution < 1.29 is 4.74 Å². The van der Waals surface area contributed by atoms with Gasteiger partial charge in [-0.25, -0.2) is 4.98 Å². The van der Waals surface area contributed by atoms with E-state index in [1.54, 1.807) is 6.20 Å². The van der Waals surface area contributed by atoms with Crippen molar-refractivity contribution in [3.8, 4) is 0 Å². The number of hydrogen-bond donors (Lipinski definition) is 1. The Kier molecular flexibility index (Phi) is 3.73. The molecule has 1 aromatic rings. The second kappa shape index (κ2) is 5.65. The van der Waals surface area contributed by atoms with Gasteiger partial charge in [0.25, 0.3) is 0 Å². The average molecular weight is 262 g/mol. The molecule has 0 bridgehead atoms. The number of ether oxygens (including phenoxy) is 1. The summed E-state index contributed by atoms with van der Waals surface area (Å²) < 4.78 is 5.39. The number of pyridine rings is 1. The van der Waals surface area contributed by atoms with E-state index in [9.17, 15) is 0 Å². The monoisotopic (exact) mass is 262 g/mol. The highest BCUT2D eigenvalue weighted by Gasteiger charge is 2.17. The van der Waals surface area contributed by atoms with Crippen LogP contribution in [0, 0.1) is 0 Å². The molecule has 0 aliphatic carbocycles. The number of hydrogen-bond acceptors (Lipinski definition) is 5. The first-order chi connectivity index (χ1) is 9.34. The molecule has 3 heterocycles. The summed E-state index contributed by atoms with van der Waals surface area (Å²) in [5, 5.41) is 0. The summed E-state index contributed by atoms with van der Waals surface area (Å²) in [6.07, 6.45) is 5.65. The SMILES string of the molecule is Nc1cnc(N2CCOCC2)cc1N1CCCCC1. The van der Waals surface area contributed by atoms with Crippen LogP contribution in [0.4, 0.5) is 17.2 Å². The van der Waals surface area contributed by atoms with Gasteiger partial charge in [0.1, 0.15) is 5.82 Å². The molecule has 5 nitrogen and oxygen atoms in total. The van der Waals surface area contributed by atoms with E-state index in [1.165, 1.54) is 19.3 Å². The van der Waals surface area contributed by atoms with Gasteiger partial charge in [0.2, 0.25) is 0 Å². The number of nitrogen functional groups attached to an aromatic ring is 1. The average Bonchev–Trinajstić information content (AvgIpc) is 2.49. The van der Waals surface area contributed by atoms with Crippen LogP contribution in [0.2, 0.25) is 0 Å². The first-order valence-electron chi connectivity index (χ1n) is 7.18. The number of piperidine rings is 1. The standard InChI is InChI=1S/C14H22N4O/c15-12-11-16-14(18-6-8-19-9-7-18)10-13(12)17-4-2-1-3-5-17/h10-11H,1-9,15H2. The molecule has 2 saturated heterocycles. The Hall–Kier alpha value is -1.49. The topological polar surface area (TPSA) is 54.6 Å². The zero-order valence-corrected chi connectivity index (χ0v) is 11.3. The zero-order chi connectivity index (χ0) is 13.1. The molecule has 0 spiro atoms. The van der Waals surface area contributed by atoms with Crippen LogP contribution >= 0.6 is 0 Å². The fourth-order valence-corrected chi connectivity index (χ4v) is 2.82. The van der Waals surface area contributed by atoms with Gasteiger partial charge in [-0.1, -0.05) is 0 Å². The molecular weight excluding hydrogens is 240 g/mol. The third kappa shape index (κ3) is 2.76. The molecule has 104 valence electrons. The number of nitrogens with two attached hydrogens (primary N) is 1. The lowest BCUT2D eigenvalue weighted by Crippen LogP contribution is -2.37. The molecule has 0 atom stereocenters. The summed E-state index contributed by atoms with van der Waals surface area (Å²) in [5.74, 6) is 1.03. The highest BCUT2D eigenvalue weighted by molar-refractivity contribution is 5.70. The first kappa shape index (κ1) is 12.5. The second-order valence-corrected chi connectivity index (χ2v) is 5.25. The summed E-state index contributed by atoms with van der Waals surface area (Å²) in [7, 11) is 0.